The number of thioether (sulfide) groups is 1. The van der Waals surface area contributed by atoms with Crippen LogP contribution in [0.4, 0.5) is 0 Å². The first-order valence-electron chi connectivity index (χ1n) is 7.36. The standard InChI is InChI=1S/C16H15BrN2O4S2/c17-11-3-1-2-10(8-11)9-12-15(23)19(16(24)25-12)7-5-13(20)18-6-4-14(21)22/h1-3,8-9H,4-7H2,(H,18,20)(H,21,22)/b12-9-. The topological polar surface area (TPSA) is 86.7 Å². The van der Waals surface area contributed by atoms with Crippen LogP contribution in [0.3, 0.4) is 0 Å². The van der Waals surface area contributed by atoms with Gasteiger partial charge in [-0.3, -0.25) is 19.3 Å². The number of carboxylic acid groups (broad SMARTS) is 1. The number of rotatable bonds is 7. The van der Waals surface area contributed by atoms with Crippen LogP contribution in [-0.2, 0) is 14.4 Å². The number of nitrogens with one attached hydrogen (secondary N) is 1. The van der Waals surface area contributed by atoms with Crippen LogP contribution < -0.4 is 5.32 Å². The fourth-order valence-corrected chi connectivity index (χ4v) is 3.78. The number of benzene rings is 1. The molecule has 25 heavy (non-hydrogen) atoms. The minimum Gasteiger partial charge on any atom is -0.481 e. The smallest absolute Gasteiger partial charge is 0.305 e. The van der Waals surface area contributed by atoms with Crippen molar-refractivity contribution < 1.29 is 19.5 Å². The lowest BCUT2D eigenvalue weighted by Crippen LogP contribution is -2.34. The van der Waals surface area contributed by atoms with E-state index in [-0.39, 0.29) is 37.7 Å². The summed E-state index contributed by atoms with van der Waals surface area (Å²) in [6.45, 7) is 0.231. The van der Waals surface area contributed by atoms with Crippen molar-refractivity contribution in [2.75, 3.05) is 13.1 Å². The van der Waals surface area contributed by atoms with Gasteiger partial charge in [-0.2, -0.15) is 0 Å². The lowest BCUT2D eigenvalue weighted by Gasteiger charge is -2.13. The third-order valence-corrected chi connectivity index (χ3v) is 5.11. The highest BCUT2D eigenvalue weighted by Crippen LogP contribution is 2.32. The van der Waals surface area contributed by atoms with Gasteiger partial charge in [0, 0.05) is 24.0 Å². The zero-order valence-corrected chi connectivity index (χ0v) is 16.2. The van der Waals surface area contributed by atoms with E-state index < -0.39 is 5.97 Å². The van der Waals surface area contributed by atoms with Crippen molar-refractivity contribution in [3.8, 4) is 0 Å². The first kappa shape index (κ1) is 19.6. The van der Waals surface area contributed by atoms with Gasteiger partial charge >= 0.3 is 5.97 Å². The summed E-state index contributed by atoms with van der Waals surface area (Å²) in [6, 6.07) is 7.54. The number of nitrogens with zero attached hydrogens (tertiary/aromatic N) is 1. The molecule has 0 aromatic heterocycles. The zero-order valence-electron chi connectivity index (χ0n) is 13.0. The molecule has 1 heterocycles. The summed E-state index contributed by atoms with van der Waals surface area (Å²) in [5.41, 5.74) is 0.876. The number of carbonyl (C=O) groups excluding carboxylic acids is 2. The highest BCUT2D eigenvalue weighted by atomic mass is 79.9. The molecule has 0 radical (unpaired) electrons. The van der Waals surface area contributed by atoms with E-state index in [1.165, 1.54) is 16.7 Å². The number of aliphatic carboxylic acids is 1. The monoisotopic (exact) mass is 442 g/mol. The van der Waals surface area contributed by atoms with Crippen LogP contribution in [0.5, 0.6) is 0 Å². The Morgan fingerprint density at radius 1 is 1.36 bits per heavy atom. The van der Waals surface area contributed by atoms with Crippen LogP contribution in [0.25, 0.3) is 6.08 Å². The normalized spacial score (nSPS) is 15.7. The number of hydrogen-bond acceptors (Lipinski definition) is 5. The molecule has 0 saturated carbocycles. The minimum atomic E-state index is -0.977. The summed E-state index contributed by atoms with van der Waals surface area (Å²) in [4.78, 5) is 36.4. The van der Waals surface area contributed by atoms with E-state index in [4.69, 9.17) is 17.3 Å². The first-order chi connectivity index (χ1) is 11.9. The molecule has 0 aliphatic carbocycles. The second-order valence-corrected chi connectivity index (χ2v) is 7.72. The SMILES string of the molecule is O=C(O)CCNC(=O)CCN1C(=O)/C(=C/c2cccc(Br)c2)SC1=S. The molecular formula is C16H15BrN2O4S2. The van der Waals surface area contributed by atoms with E-state index in [9.17, 15) is 14.4 Å². The first-order valence-corrected chi connectivity index (χ1v) is 9.38. The van der Waals surface area contributed by atoms with Crippen LogP contribution in [0, 0.1) is 0 Å². The van der Waals surface area contributed by atoms with Gasteiger partial charge in [0.15, 0.2) is 0 Å². The van der Waals surface area contributed by atoms with Crippen molar-refractivity contribution in [2.45, 2.75) is 12.8 Å². The van der Waals surface area contributed by atoms with E-state index in [0.29, 0.717) is 9.23 Å². The molecule has 0 spiro atoms. The van der Waals surface area contributed by atoms with Gasteiger partial charge in [-0.05, 0) is 23.8 Å². The fraction of sp³-hybridized carbons (Fsp3) is 0.250. The van der Waals surface area contributed by atoms with Crippen LogP contribution in [0.2, 0.25) is 0 Å². The third-order valence-electron chi connectivity index (χ3n) is 3.24. The van der Waals surface area contributed by atoms with Gasteiger partial charge in [0.1, 0.15) is 4.32 Å². The molecule has 2 amide bonds. The van der Waals surface area contributed by atoms with Crippen molar-refractivity contribution in [2.24, 2.45) is 0 Å². The van der Waals surface area contributed by atoms with Gasteiger partial charge in [-0.1, -0.05) is 52.0 Å². The molecule has 1 aliphatic rings. The predicted octanol–water partition coefficient (Wildman–Crippen LogP) is 2.63. The van der Waals surface area contributed by atoms with E-state index >= 15 is 0 Å². The molecule has 0 bridgehead atoms. The quantitative estimate of drug-likeness (QED) is 0.498. The summed E-state index contributed by atoms with van der Waals surface area (Å²) in [7, 11) is 0. The molecule has 2 rings (SSSR count). The van der Waals surface area contributed by atoms with Crippen molar-refractivity contribution >= 4 is 68.1 Å². The Morgan fingerprint density at radius 2 is 2.12 bits per heavy atom. The Hall–Kier alpha value is -1.71. The zero-order chi connectivity index (χ0) is 18.4. The van der Waals surface area contributed by atoms with Crippen molar-refractivity contribution in [3.05, 3.63) is 39.2 Å². The maximum atomic E-state index is 12.4. The minimum absolute atomic E-state index is 0.0648. The Balaban J connectivity index is 1.92. The molecule has 1 aliphatic heterocycles. The highest BCUT2D eigenvalue weighted by molar-refractivity contribution is 9.10. The number of carbonyl (C=O) groups is 3. The summed E-state index contributed by atoms with van der Waals surface area (Å²) >= 11 is 9.80. The van der Waals surface area contributed by atoms with Crippen LogP contribution >= 0.6 is 39.9 Å². The lowest BCUT2D eigenvalue weighted by molar-refractivity contribution is -0.136. The number of hydrogen-bond donors (Lipinski definition) is 2. The Kier molecular flexibility index (Phi) is 7.15. The Labute approximate surface area is 162 Å². The largest absolute Gasteiger partial charge is 0.481 e. The van der Waals surface area contributed by atoms with Crippen LogP contribution in [0.1, 0.15) is 18.4 Å². The molecule has 6 nitrogen and oxygen atoms in total. The fourth-order valence-electron chi connectivity index (χ4n) is 2.05. The molecule has 1 aromatic rings. The number of thiocarbonyl (C=S) groups is 1. The van der Waals surface area contributed by atoms with E-state index in [0.717, 1.165) is 10.0 Å². The van der Waals surface area contributed by atoms with Gasteiger partial charge < -0.3 is 10.4 Å². The van der Waals surface area contributed by atoms with Crippen molar-refractivity contribution in [1.82, 2.24) is 10.2 Å². The van der Waals surface area contributed by atoms with Crippen molar-refractivity contribution in [1.29, 1.82) is 0 Å². The van der Waals surface area contributed by atoms with Crippen molar-refractivity contribution in [3.63, 3.8) is 0 Å². The van der Waals surface area contributed by atoms with Crippen LogP contribution in [0.15, 0.2) is 33.6 Å². The maximum Gasteiger partial charge on any atom is 0.305 e. The molecule has 1 saturated heterocycles. The number of halogens is 1. The number of amides is 2. The highest BCUT2D eigenvalue weighted by Gasteiger charge is 2.32. The Morgan fingerprint density at radius 3 is 2.80 bits per heavy atom. The van der Waals surface area contributed by atoms with E-state index in [1.807, 2.05) is 24.3 Å². The molecular weight excluding hydrogens is 428 g/mol. The van der Waals surface area contributed by atoms with E-state index in [1.54, 1.807) is 6.08 Å². The second-order valence-electron chi connectivity index (χ2n) is 5.13. The summed E-state index contributed by atoms with van der Waals surface area (Å²) in [5.74, 6) is -1.52. The summed E-state index contributed by atoms with van der Waals surface area (Å²) < 4.78 is 1.32. The van der Waals surface area contributed by atoms with Gasteiger partial charge in [-0.15, -0.1) is 0 Å². The molecule has 132 valence electrons. The van der Waals surface area contributed by atoms with Gasteiger partial charge in [0.25, 0.3) is 5.91 Å². The molecule has 2 N–H and O–H groups in total. The second kappa shape index (κ2) is 9.12. The predicted molar refractivity (Wildman–Crippen MR) is 104 cm³/mol. The van der Waals surface area contributed by atoms with Crippen LogP contribution in [-0.4, -0.2) is 45.2 Å². The maximum absolute atomic E-state index is 12.4. The summed E-state index contributed by atoms with van der Waals surface area (Å²) in [6.07, 6.45) is 1.69. The van der Waals surface area contributed by atoms with E-state index in [2.05, 4.69) is 21.2 Å². The third kappa shape index (κ3) is 5.94. The molecule has 1 fully saturated rings. The number of carboxylic acids is 1. The molecule has 1 aromatic carbocycles. The van der Waals surface area contributed by atoms with Gasteiger partial charge in [-0.25, -0.2) is 0 Å². The molecule has 0 unspecified atom stereocenters. The average Bonchev–Trinajstić information content (AvgIpc) is 2.79. The van der Waals surface area contributed by atoms with Gasteiger partial charge in [0.05, 0.1) is 11.3 Å². The molecule has 0 atom stereocenters. The summed E-state index contributed by atoms with van der Waals surface area (Å²) in [5, 5.41) is 11.0. The Bertz CT molecular complexity index is 751. The average molecular weight is 443 g/mol. The molecule has 9 heteroatoms. The lowest BCUT2D eigenvalue weighted by atomic mass is 10.2. The van der Waals surface area contributed by atoms with Gasteiger partial charge in [0.2, 0.25) is 5.91 Å².